The Morgan fingerprint density at radius 1 is 1.14 bits per heavy atom. The van der Waals surface area contributed by atoms with Gasteiger partial charge in [-0.05, 0) is 42.5 Å². The van der Waals surface area contributed by atoms with Gasteiger partial charge in [-0.2, -0.15) is 0 Å². The highest BCUT2D eigenvalue weighted by atomic mass is 35.5. The molecule has 0 aliphatic rings. The van der Waals surface area contributed by atoms with Crippen molar-refractivity contribution >= 4 is 40.3 Å². The van der Waals surface area contributed by atoms with E-state index >= 15 is 0 Å². The smallest absolute Gasteiger partial charge is 0.311 e. The summed E-state index contributed by atoms with van der Waals surface area (Å²) in [7, 11) is 0. The Morgan fingerprint density at radius 3 is 2.68 bits per heavy atom. The molecule has 3 aromatic carbocycles. The topological polar surface area (TPSA) is 102 Å². The van der Waals surface area contributed by atoms with Gasteiger partial charge in [0.1, 0.15) is 5.52 Å². The third-order valence-corrected chi connectivity index (χ3v) is 4.31. The van der Waals surface area contributed by atoms with Gasteiger partial charge in [-0.1, -0.05) is 17.7 Å². The summed E-state index contributed by atoms with van der Waals surface area (Å²) in [5.74, 6) is 0.0335. The predicted molar refractivity (Wildman–Crippen MR) is 106 cm³/mol. The molecule has 4 rings (SSSR count). The van der Waals surface area contributed by atoms with Crippen molar-refractivity contribution in [2.24, 2.45) is 4.99 Å². The van der Waals surface area contributed by atoms with Crippen molar-refractivity contribution in [1.29, 1.82) is 0 Å². The van der Waals surface area contributed by atoms with Crippen LogP contribution in [0.25, 0.3) is 22.6 Å². The molecule has 0 radical (unpaired) electrons. The minimum atomic E-state index is -0.647. The molecule has 7 nitrogen and oxygen atoms in total. The number of aromatic nitrogens is 1. The third kappa shape index (κ3) is 3.43. The fraction of sp³-hybridized carbons (Fsp3) is 0. The number of para-hydroxylation sites is 1. The molecule has 0 bridgehead atoms. The van der Waals surface area contributed by atoms with E-state index in [0.717, 1.165) is 5.56 Å². The number of rotatable bonds is 4. The van der Waals surface area contributed by atoms with Crippen molar-refractivity contribution in [3.63, 3.8) is 0 Å². The SMILES string of the molecule is O=[N+]([O-])c1cccc(C=Nc2ccc3nc(-c4ccc(Cl)cc4)oc3c2)c1O. The van der Waals surface area contributed by atoms with Gasteiger partial charge in [0, 0.05) is 34.5 Å². The lowest BCUT2D eigenvalue weighted by Crippen LogP contribution is -1.91. The van der Waals surface area contributed by atoms with Crippen LogP contribution in [0.15, 0.2) is 70.1 Å². The van der Waals surface area contributed by atoms with Crippen LogP contribution in [0.3, 0.4) is 0 Å². The largest absolute Gasteiger partial charge is 0.502 e. The van der Waals surface area contributed by atoms with Crippen molar-refractivity contribution in [3.8, 4) is 17.2 Å². The summed E-state index contributed by atoms with van der Waals surface area (Å²) in [5.41, 5.74) is 2.44. The molecule has 0 aliphatic carbocycles. The Morgan fingerprint density at radius 2 is 1.93 bits per heavy atom. The van der Waals surface area contributed by atoms with Gasteiger partial charge in [-0.15, -0.1) is 0 Å². The van der Waals surface area contributed by atoms with Crippen LogP contribution in [0.1, 0.15) is 5.56 Å². The molecule has 1 aromatic heterocycles. The van der Waals surface area contributed by atoms with Crippen molar-refractivity contribution in [2.75, 3.05) is 0 Å². The molecule has 0 unspecified atom stereocenters. The van der Waals surface area contributed by atoms with Crippen LogP contribution in [0.4, 0.5) is 11.4 Å². The van der Waals surface area contributed by atoms with E-state index in [0.29, 0.717) is 27.7 Å². The summed E-state index contributed by atoms with van der Waals surface area (Å²) >= 11 is 5.90. The lowest BCUT2D eigenvalue weighted by Gasteiger charge is -1.99. The molecule has 8 heteroatoms. The Labute approximate surface area is 163 Å². The first-order valence-electron chi connectivity index (χ1n) is 8.18. The van der Waals surface area contributed by atoms with Crippen LogP contribution in [-0.2, 0) is 0 Å². The molecule has 1 heterocycles. The average Bonchev–Trinajstić information content (AvgIpc) is 3.11. The third-order valence-electron chi connectivity index (χ3n) is 4.06. The van der Waals surface area contributed by atoms with E-state index in [1.807, 2.05) is 12.1 Å². The summed E-state index contributed by atoms with van der Waals surface area (Å²) in [6.07, 6.45) is 1.36. The standard InChI is InChI=1S/C20H12ClN3O4/c21-14-6-4-12(5-7-14)20-23-16-9-8-15(10-18(16)28-20)22-11-13-2-1-3-17(19(13)25)24(26)27/h1-11,25H. The van der Waals surface area contributed by atoms with E-state index in [9.17, 15) is 15.2 Å². The number of halogens is 1. The second kappa shape index (κ2) is 7.13. The molecule has 0 fully saturated rings. The van der Waals surface area contributed by atoms with Gasteiger partial charge in [-0.3, -0.25) is 15.1 Å². The first kappa shape index (κ1) is 17.7. The average molecular weight is 394 g/mol. The first-order chi connectivity index (χ1) is 13.5. The maximum Gasteiger partial charge on any atom is 0.311 e. The van der Waals surface area contributed by atoms with E-state index in [4.69, 9.17) is 16.0 Å². The zero-order valence-electron chi connectivity index (χ0n) is 14.2. The number of oxazole rings is 1. The van der Waals surface area contributed by atoms with Crippen LogP contribution in [0, 0.1) is 10.1 Å². The Balaban J connectivity index is 1.65. The molecule has 0 amide bonds. The second-order valence-corrected chi connectivity index (χ2v) is 6.34. The number of aliphatic imine (C=N–C) groups is 1. The maximum atomic E-state index is 10.9. The highest BCUT2D eigenvalue weighted by Gasteiger charge is 2.15. The Hall–Kier alpha value is -3.71. The van der Waals surface area contributed by atoms with Gasteiger partial charge in [0.15, 0.2) is 5.58 Å². The monoisotopic (exact) mass is 393 g/mol. The van der Waals surface area contributed by atoms with Crippen LogP contribution in [0.5, 0.6) is 5.75 Å². The molecule has 28 heavy (non-hydrogen) atoms. The molecule has 4 aromatic rings. The van der Waals surface area contributed by atoms with E-state index in [2.05, 4.69) is 9.98 Å². The van der Waals surface area contributed by atoms with E-state index in [-0.39, 0.29) is 11.3 Å². The molecule has 0 atom stereocenters. The van der Waals surface area contributed by atoms with Crippen LogP contribution < -0.4 is 0 Å². The lowest BCUT2D eigenvalue weighted by atomic mass is 10.2. The molecular weight excluding hydrogens is 382 g/mol. The number of hydrogen-bond donors (Lipinski definition) is 1. The summed E-state index contributed by atoms with van der Waals surface area (Å²) in [5, 5.41) is 21.5. The van der Waals surface area contributed by atoms with Gasteiger partial charge < -0.3 is 9.52 Å². The quantitative estimate of drug-likeness (QED) is 0.279. The van der Waals surface area contributed by atoms with Gasteiger partial charge in [0.05, 0.1) is 10.6 Å². The molecule has 0 saturated carbocycles. The number of aromatic hydroxyl groups is 1. The van der Waals surface area contributed by atoms with Gasteiger partial charge in [-0.25, -0.2) is 4.98 Å². The first-order valence-corrected chi connectivity index (χ1v) is 8.56. The van der Waals surface area contributed by atoms with E-state index in [1.165, 1.54) is 24.4 Å². The summed E-state index contributed by atoms with van der Waals surface area (Å²) < 4.78 is 5.79. The van der Waals surface area contributed by atoms with Gasteiger partial charge >= 0.3 is 5.69 Å². The van der Waals surface area contributed by atoms with Crippen molar-refractivity contribution in [2.45, 2.75) is 0 Å². The van der Waals surface area contributed by atoms with Crippen LogP contribution in [-0.4, -0.2) is 21.2 Å². The minimum Gasteiger partial charge on any atom is -0.502 e. The maximum absolute atomic E-state index is 10.9. The zero-order valence-corrected chi connectivity index (χ0v) is 15.0. The van der Waals surface area contributed by atoms with Crippen LogP contribution in [0.2, 0.25) is 5.02 Å². The Kier molecular flexibility index (Phi) is 4.50. The highest BCUT2D eigenvalue weighted by molar-refractivity contribution is 6.30. The summed E-state index contributed by atoms with van der Waals surface area (Å²) in [4.78, 5) is 19.0. The summed E-state index contributed by atoms with van der Waals surface area (Å²) in [6, 6.07) is 16.6. The van der Waals surface area contributed by atoms with Crippen LogP contribution >= 0.6 is 11.6 Å². The van der Waals surface area contributed by atoms with Gasteiger partial charge in [0.25, 0.3) is 0 Å². The van der Waals surface area contributed by atoms with Crippen molar-refractivity contribution < 1.29 is 14.4 Å². The number of nitro groups is 1. The molecule has 0 aliphatic heterocycles. The predicted octanol–water partition coefficient (Wildman–Crippen LogP) is 5.51. The van der Waals surface area contributed by atoms with E-state index < -0.39 is 10.7 Å². The lowest BCUT2D eigenvalue weighted by molar-refractivity contribution is -0.385. The number of phenols is 1. The fourth-order valence-corrected chi connectivity index (χ4v) is 2.78. The van der Waals surface area contributed by atoms with Crippen molar-refractivity contribution in [3.05, 3.63) is 81.4 Å². The van der Waals surface area contributed by atoms with Gasteiger partial charge in [0.2, 0.25) is 11.6 Å². The number of benzene rings is 3. The molecule has 1 N–H and O–H groups in total. The number of hydrogen-bond acceptors (Lipinski definition) is 6. The summed E-state index contributed by atoms with van der Waals surface area (Å²) in [6.45, 7) is 0. The number of nitrogens with zero attached hydrogens (tertiary/aromatic N) is 3. The Bertz CT molecular complexity index is 1220. The second-order valence-electron chi connectivity index (χ2n) is 5.91. The zero-order chi connectivity index (χ0) is 19.7. The molecule has 138 valence electrons. The normalized spacial score (nSPS) is 11.3. The minimum absolute atomic E-state index is 0.244. The van der Waals surface area contributed by atoms with Crippen molar-refractivity contribution in [1.82, 2.24) is 4.98 Å². The molecule has 0 spiro atoms. The fourth-order valence-electron chi connectivity index (χ4n) is 2.65. The molecule has 0 saturated heterocycles. The number of nitro benzene ring substituents is 1. The number of fused-ring (bicyclic) bond motifs is 1. The highest BCUT2D eigenvalue weighted by Crippen LogP contribution is 2.30. The number of phenolic OH excluding ortho intramolecular Hbond substituents is 1. The molecular formula is C20H12ClN3O4. The van der Waals surface area contributed by atoms with E-state index in [1.54, 1.807) is 30.3 Å².